The number of hydrogen-bond acceptors (Lipinski definition) is 2. The Balaban J connectivity index is 1.61. The number of benzene rings is 3. The summed E-state index contributed by atoms with van der Waals surface area (Å²) in [5, 5.41) is 4.25. The molecule has 1 aliphatic rings. The van der Waals surface area contributed by atoms with Gasteiger partial charge in [0.05, 0.1) is 9.75 Å². The fourth-order valence-corrected chi connectivity index (χ4v) is 11.2. The number of hydrogen-bond donors (Lipinski definition) is 0. The molecule has 0 bridgehead atoms. The molecule has 3 heteroatoms. The molecule has 0 spiro atoms. The monoisotopic (exact) mass is 438 g/mol. The summed E-state index contributed by atoms with van der Waals surface area (Å²) in [7, 11) is 0. The Morgan fingerprint density at radius 2 is 0.933 bits per heavy atom. The Hall–Kier alpha value is -2.64. The van der Waals surface area contributed by atoms with E-state index in [1.54, 1.807) is 0 Å². The summed E-state index contributed by atoms with van der Waals surface area (Å²) in [6.45, 7) is -1.88. The second-order valence-corrected chi connectivity index (χ2v) is 12.7. The topological polar surface area (TPSA) is 0 Å². The maximum absolute atomic E-state index is 4.96. The maximum atomic E-state index is 4.96. The molecule has 0 saturated heterocycles. The van der Waals surface area contributed by atoms with E-state index in [1.165, 1.54) is 46.5 Å². The van der Waals surface area contributed by atoms with Crippen molar-refractivity contribution in [2.75, 3.05) is 0 Å². The summed E-state index contributed by atoms with van der Waals surface area (Å²) >= 11 is 3.84. The molecular formula is C27H19PS2. The van der Waals surface area contributed by atoms with Gasteiger partial charge in [-0.1, -0.05) is 97.3 Å². The normalized spacial score (nSPS) is 13.7. The van der Waals surface area contributed by atoms with E-state index in [1.807, 2.05) is 22.7 Å². The Morgan fingerprint density at radius 1 is 0.533 bits per heavy atom. The van der Waals surface area contributed by atoms with Crippen molar-refractivity contribution < 1.29 is 0 Å². The van der Waals surface area contributed by atoms with E-state index in [0.717, 1.165) is 0 Å². The molecule has 0 radical (unpaired) electrons. The van der Waals surface area contributed by atoms with Crippen LogP contribution in [0.1, 0.15) is 0 Å². The zero-order chi connectivity index (χ0) is 20.1. The second kappa shape index (κ2) is 6.96. The predicted molar refractivity (Wildman–Crippen MR) is 138 cm³/mol. The third kappa shape index (κ3) is 2.65. The second-order valence-electron chi connectivity index (χ2n) is 7.53. The molecule has 5 aromatic rings. The van der Waals surface area contributed by atoms with Crippen molar-refractivity contribution in [3.05, 3.63) is 103 Å². The summed E-state index contributed by atoms with van der Waals surface area (Å²) in [4.78, 5) is 5.51. The SMILES string of the molecule is C=P1(c2ccccc2)c2cc(-c3ccccc3)sc2-c2sc(-c3ccccc3)cc21. The summed E-state index contributed by atoms with van der Waals surface area (Å²) in [6, 6.07) is 37.2. The molecule has 0 nitrogen and oxygen atoms in total. The first-order valence-electron chi connectivity index (χ1n) is 9.94. The van der Waals surface area contributed by atoms with Gasteiger partial charge in [-0.05, 0) is 35.5 Å². The Bertz CT molecular complexity index is 1310. The minimum Gasteiger partial charge on any atom is -0.134 e. The minimum absolute atomic E-state index is 1.29. The first-order valence-corrected chi connectivity index (χ1v) is 13.5. The molecule has 1 aliphatic heterocycles. The van der Waals surface area contributed by atoms with Gasteiger partial charge in [-0.2, -0.15) is 0 Å². The van der Waals surface area contributed by atoms with Crippen LogP contribution < -0.4 is 15.9 Å². The smallest absolute Gasteiger partial charge is 0.0538 e. The highest BCUT2D eigenvalue weighted by molar-refractivity contribution is 7.95. The van der Waals surface area contributed by atoms with E-state index >= 15 is 0 Å². The van der Waals surface area contributed by atoms with Crippen LogP contribution in [0.2, 0.25) is 0 Å². The van der Waals surface area contributed by atoms with Crippen LogP contribution in [0.4, 0.5) is 0 Å². The molecule has 6 rings (SSSR count). The summed E-state index contributed by atoms with van der Waals surface area (Å²) < 4.78 is 0. The van der Waals surface area contributed by atoms with Crippen LogP contribution in [0.3, 0.4) is 0 Å². The fourth-order valence-electron chi connectivity index (χ4n) is 4.24. The molecular weight excluding hydrogens is 419 g/mol. The van der Waals surface area contributed by atoms with E-state index in [2.05, 4.69) is 103 Å². The molecule has 3 aromatic carbocycles. The summed E-state index contributed by atoms with van der Waals surface area (Å²) in [5.41, 5.74) is 2.58. The average Bonchev–Trinajstić information content (AvgIpc) is 3.50. The molecule has 0 N–H and O–H groups in total. The van der Waals surface area contributed by atoms with Crippen molar-refractivity contribution in [2.24, 2.45) is 0 Å². The Kier molecular flexibility index (Phi) is 4.21. The van der Waals surface area contributed by atoms with Crippen LogP contribution in [0.15, 0.2) is 103 Å². The van der Waals surface area contributed by atoms with Gasteiger partial charge >= 0.3 is 0 Å². The number of rotatable bonds is 3. The lowest BCUT2D eigenvalue weighted by Gasteiger charge is -2.20. The third-order valence-corrected chi connectivity index (χ3v) is 12.1. The molecule has 0 amide bonds. The van der Waals surface area contributed by atoms with Crippen LogP contribution in [-0.2, 0) is 0 Å². The van der Waals surface area contributed by atoms with E-state index < -0.39 is 6.89 Å². The fraction of sp³-hybridized carbons (Fsp3) is 0. The predicted octanol–water partition coefficient (Wildman–Crippen LogP) is 6.85. The molecule has 3 heterocycles. The first-order chi connectivity index (χ1) is 14.7. The van der Waals surface area contributed by atoms with Gasteiger partial charge in [0.25, 0.3) is 0 Å². The maximum Gasteiger partial charge on any atom is 0.0538 e. The Morgan fingerprint density at radius 3 is 1.37 bits per heavy atom. The molecule has 0 aliphatic carbocycles. The zero-order valence-electron chi connectivity index (χ0n) is 16.3. The van der Waals surface area contributed by atoms with E-state index in [9.17, 15) is 0 Å². The molecule has 2 aromatic heterocycles. The van der Waals surface area contributed by atoms with Crippen molar-refractivity contribution >= 4 is 51.8 Å². The standard InChI is InChI=1S/C27H19PS2/c1-28(21-15-9-4-10-16-21)22-17-24(19-11-5-2-6-12-19)29-26(22)27-23(28)18-25(30-27)20-13-7-3-8-14-20/h2-18H,1H2. The van der Waals surface area contributed by atoms with E-state index in [4.69, 9.17) is 6.30 Å². The van der Waals surface area contributed by atoms with Crippen molar-refractivity contribution in [3.63, 3.8) is 0 Å². The molecule has 0 atom stereocenters. The van der Waals surface area contributed by atoms with Gasteiger partial charge in [0, 0.05) is 20.4 Å². The van der Waals surface area contributed by atoms with Crippen LogP contribution in [-0.4, -0.2) is 6.30 Å². The summed E-state index contributed by atoms with van der Waals surface area (Å²) in [5.74, 6) is 0. The lowest BCUT2D eigenvalue weighted by atomic mass is 10.2. The van der Waals surface area contributed by atoms with Crippen molar-refractivity contribution in [3.8, 4) is 30.6 Å². The Labute approximate surface area is 185 Å². The van der Waals surface area contributed by atoms with Gasteiger partial charge in [-0.15, -0.1) is 22.7 Å². The summed E-state index contributed by atoms with van der Waals surface area (Å²) in [6.07, 6.45) is 4.96. The highest BCUT2D eigenvalue weighted by Gasteiger charge is 2.38. The van der Waals surface area contributed by atoms with Crippen molar-refractivity contribution in [1.29, 1.82) is 0 Å². The number of fused-ring (bicyclic) bond motifs is 3. The van der Waals surface area contributed by atoms with Gasteiger partial charge in [0.2, 0.25) is 0 Å². The number of thiophene rings is 2. The largest absolute Gasteiger partial charge is 0.134 e. The van der Waals surface area contributed by atoms with Gasteiger partial charge in [0.15, 0.2) is 0 Å². The lowest BCUT2D eigenvalue weighted by molar-refractivity contribution is 1.70. The quantitative estimate of drug-likeness (QED) is 0.265. The average molecular weight is 439 g/mol. The van der Waals surface area contributed by atoms with Crippen molar-refractivity contribution in [2.45, 2.75) is 0 Å². The minimum atomic E-state index is -1.88. The highest BCUT2D eigenvalue weighted by Crippen LogP contribution is 2.58. The van der Waals surface area contributed by atoms with Crippen molar-refractivity contribution in [1.82, 2.24) is 0 Å². The van der Waals surface area contributed by atoms with Gasteiger partial charge < -0.3 is 0 Å². The first kappa shape index (κ1) is 18.2. The van der Waals surface area contributed by atoms with Gasteiger partial charge in [-0.3, -0.25) is 0 Å². The van der Waals surface area contributed by atoms with E-state index in [-0.39, 0.29) is 0 Å². The van der Waals surface area contributed by atoms with Crippen LogP contribution in [0.25, 0.3) is 30.6 Å². The lowest BCUT2D eigenvalue weighted by Crippen LogP contribution is -2.19. The highest BCUT2D eigenvalue weighted by atomic mass is 32.1. The van der Waals surface area contributed by atoms with Gasteiger partial charge in [0.1, 0.15) is 0 Å². The third-order valence-electron chi connectivity index (χ3n) is 5.77. The van der Waals surface area contributed by atoms with Gasteiger partial charge in [-0.25, -0.2) is 0 Å². The molecule has 30 heavy (non-hydrogen) atoms. The van der Waals surface area contributed by atoms with E-state index in [0.29, 0.717) is 0 Å². The van der Waals surface area contributed by atoms with Crippen LogP contribution in [0, 0.1) is 0 Å². The van der Waals surface area contributed by atoms with Crippen LogP contribution in [0.5, 0.6) is 0 Å². The molecule has 0 saturated carbocycles. The molecule has 0 fully saturated rings. The molecule has 0 unspecified atom stereocenters. The van der Waals surface area contributed by atoms with Crippen LogP contribution >= 0.6 is 29.6 Å². The molecule has 144 valence electrons. The zero-order valence-corrected chi connectivity index (χ0v) is 18.8.